The van der Waals surface area contributed by atoms with Crippen molar-refractivity contribution in [3.8, 4) is 5.75 Å². The third-order valence-corrected chi connectivity index (χ3v) is 3.69. The van der Waals surface area contributed by atoms with Crippen molar-refractivity contribution in [1.29, 1.82) is 0 Å². The van der Waals surface area contributed by atoms with Crippen molar-refractivity contribution in [2.45, 2.75) is 26.2 Å². The second-order valence-electron chi connectivity index (χ2n) is 5.24. The summed E-state index contributed by atoms with van der Waals surface area (Å²) in [4.78, 5) is 24.0. The van der Waals surface area contributed by atoms with Crippen LogP contribution in [0.1, 0.15) is 46.9 Å². The molecular weight excluding hydrogens is 328 g/mol. The van der Waals surface area contributed by atoms with Gasteiger partial charge in [0.25, 0.3) is 0 Å². The zero-order valence-electron chi connectivity index (χ0n) is 13.5. The molecule has 0 aromatic heterocycles. The molecule has 0 saturated carbocycles. The molecular formula is C19H19ClO4. The molecule has 0 aliphatic heterocycles. The van der Waals surface area contributed by atoms with Gasteiger partial charge in [0.15, 0.2) is 0 Å². The summed E-state index contributed by atoms with van der Waals surface area (Å²) in [6.45, 7) is 2.49. The van der Waals surface area contributed by atoms with Crippen LogP contribution in [0.25, 0.3) is 0 Å². The number of benzene rings is 2. The molecule has 0 unspecified atom stereocenters. The number of rotatable bonds is 7. The number of hydrogen-bond acceptors (Lipinski definition) is 4. The summed E-state index contributed by atoms with van der Waals surface area (Å²) >= 11 is 5.96. The van der Waals surface area contributed by atoms with Gasteiger partial charge < -0.3 is 9.47 Å². The van der Waals surface area contributed by atoms with Gasteiger partial charge in [-0.25, -0.2) is 9.59 Å². The van der Waals surface area contributed by atoms with Crippen LogP contribution in [0.15, 0.2) is 48.5 Å². The van der Waals surface area contributed by atoms with Crippen molar-refractivity contribution in [3.63, 3.8) is 0 Å². The maximum absolute atomic E-state index is 12.1. The van der Waals surface area contributed by atoms with E-state index < -0.39 is 11.9 Å². The molecule has 0 amide bonds. The minimum Gasteiger partial charge on any atom is -0.462 e. The Bertz CT molecular complexity index is 695. The van der Waals surface area contributed by atoms with Gasteiger partial charge in [-0.15, -0.1) is 0 Å². The molecule has 0 spiro atoms. The molecule has 0 N–H and O–H groups in total. The van der Waals surface area contributed by atoms with E-state index in [1.54, 1.807) is 36.4 Å². The molecule has 2 rings (SSSR count). The molecule has 126 valence electrons. The van der Waals surface area contributed by atoms with E-state index in [4.69, 9.17) is 21.1 Å². The largest absolute Gasteiger partial charge is 0.462 e. The SMILES string of the molecule is CCCCCOC(=O)c1ccc(C(=O)Oc2ccccc2Cl)cc1. The van der Waals surface area contributed by atoms with Crippen molar-refractivity contribution in [3.05, 3.63) is 64.7 Å². The number of carbonyl (C=O) groups is 2. The summed E-state index contributed by atoms with van der Waals surface area (Å²) in [5.74, 6) is -0.633. The summed E-state index contributed by atoms with van der Waals surface area (Å²) in [6.07, 6.45) is 2.95. The van der Waals surface area contributed by atoms with Crippen LogP contribution in [0.3, 0.4) is 0 Å². The van der Waals surface area contributed by atoms with E-state index in [0.29, 0.717) is 28.5 Å². The highest BCUT2D eigenvalue weighted by atomic mass is 35.5. The number of para-hydroxylation sites is 1. The molecule has 0 saturated heterocycles. The van der Waals surface area contributed by atoms with E-state index in [-0.39, 0.29) is 0 Å². The smallest absolute Gasteiger partial charge is 0.343 e. The first-order valence-electron chi connectivity index (χ1n) is 7.85. The minimum absolute atomic E-state index is 0.295. The summed E-state index contributed by atoms with van der Waals surface area (Å²) < 4.78 is 10.4. The highest BCUT2D eigenvalue weighted by Crippen LogP contribution is 2.24. The lowest BCUT2D eigenvalue weighted by molar-refractivity contribution is 0.0497. The third-order valence-electron chi connectivity index (χ3n) is 3.38. The summed E-state index contributed by atoms with van der Waals surface area (Å²) in [5.41, 5.74) is 0.734. The molecule has 24 heavy (non-hydrogen) atoms. The normalized spacial score (nSPS) is 10.2. The van der Waals surface area contributed by atoms with Crippen LogP contribution in [0.2, 0.25) is 5.02 Å². The summed E-state index contributed by atoms with van der Waals surface area (Å²) in [7, 11) is 0. The lowest BCUT2D eigenvalue weighted by Gasteiger charge is -2.07. The fourth-order valence-corrected chi connectivity index (χ4v) is 2.20. The molecule has 0 fully saturated rings. The van der Waals surface area contributed by atoms with E-state index in [1.807, 2.05) is 0 Å². The van der Waals surface area contributed by atoms with Gasteiger partial charge in [0, 0.05) is 0 Å². The Labute approximate surface area is 146 Å². The van der Waals surface area contributed by atoms with Crippen LogP contribution in [-0.2, 0) is 4.74 Å². The lowest BCUT2D eigenvalue weighted by Crippen LogP contribution is -2.10. The monoisotopic (exact) mass is 346 g/mol. The van der Waals surface area contributed by atoms with Crippen molar-refractivity contribution >= 4 is 23.5 Å². The van der Waals surface area contributed by atoms with Crippen LogP contribution in [0.4, 0.5) is 0 Å². The van der Waals surface area contributed by atoms with Crippen molar-refractivity contribution in [2.24, 2.45) is 0 Å². The zero-order chi connectivity index (χ0) is 17.4. The standard InChI is InChI=1S/C19H19ClO4/c1-2-3-6-13-23-18(21)14-9-11-15(12-10-14)19(22)24-17-8-5-4-7-16(17)20/h4-5,7-12H,2-3,6,13H2,1H3. The molecule has 5 heteroatoms. The Hall–Kier alpha value is -2.33. The Morgan fingerprint density at radius 1 is 0.917 bits per heavy atom. The summed E-state index contributed by atoms with van der Waals surface area (Å²) in [6, 6.07) is 12.9. The number of carbonyl (C=O) groups excluding carboxylic acids is 2. The van der Waals surface area contributed by atoms with E-state index in [9.17, 15) is 9.59 Å². The Balaban J connectivity index is 1.95. The fourth-order valence-electron chi connectivity index (χ4n) is 2.03. The van der Waals surface area contributed by atoms with Gasteiger partial charge in [-0.1, -0.05) is 43.5 Å². The number of hydrogen-bond donors (Lipinski definition) is 0. The first kappa shape index (κ1) is 18.0. The van der Waals surface area contributed by atoms with Crippen LogP contribution >= 0.6 is 11.6 Å². The van der Waals surface area contributed by atoms with Crippen molar-refractivity contribution < 1.29 is 19.1 Å². The Kier molecular flexibility index (Phi) is 6.82. The molecule has 0 aliphatic rings. The van der Waals surface area contributed by atoms with E-state index >= 15 is 0 Å². The van der Waals surface area contributed by atoms with Crippen LogP contribution in [-0.4, -0.2) is 18.5 Å². The van der Waals surface area contributed by atoms with Gasteiger partial charge in [0.1, 0.15) is 5.75 Å². The first-order chi connectivity index (χ1) is 11.6. The first-order valence-corrected chi connectivity index (χ1v) is 8.23. The van der Waals surface area contributed by atoms with Gasteiger partial charge in [0.2, 0.25) is 0 Å². The maximum Gasteiger partial charge on any atom is 0.343 e. The second-order valence-corrected chi connectivity index (χ2v) is 5.65. The Morgan fingerprint density at radius 3 is 2.17 bits per heavy atom. The number of esters is 2. The second kappa shape index (κ2) is 9.08. The predicted octanol–water partition coefficient (Wildman–Crippen LogP) is 4.91. The highest BCUT2D eigenvalue weighted by molar-refractivity contribution is 6.32. The zero-order valence-corrected chi connectivity index (χ0v) is 14.2. The van der Waals surface area contributed by atoms with Crippen LogP contribution in [0, 0.1) is 0 Å². The van der Waals surface area contributed by atoms with Crippen LogP contribution < -0.4 is 4.74 Å². The molecule has 0 heterocycles. The van der Waals surface area contributed by atoms with Gasteiger partial charge in [0.05, 0.1) is 22.8 Å². The number of halogens is 1. The summed E-state index contributed by atoms with van der Waals surface area (Å²) in [5, 5.41) is 0.359. The molecule has 0 atom stereocenters. The average molecular weight is 347 g/mol. The van der Waals surface area contributed by atoms with E-state index in [2.05, 4.69) is 6.92 Å². The molecule has 0 aliphatic carbocycles. The number of ether oxygens (including phenoxy) is 2. The topological polar surface area (TPSA) is 52.6 Å². The molecule has 0 bridgehead atoms. The maximum atomic E-state index is 12.1. The molecule has 0 radical (unpaired) electrons. The fraction of sp³-hybridized carbons (Fsp3) is 0.263. The quantitative estimate of drug-likeness (QED) is 0.406. The number of unbranched alkanes of at least 4 members (excludes halogenated alkanes) is 2. The third kappa shape index (κ3) is 5.10. The van der Waals surface area contributed by atoms with Crippen molar-refractivity contribution in [1.82, 2.24) is 0 Å². The van der Waals surface area contributed by atoms with E-state index in [1.165, 1.54) is 12.1 Å². The molecule has 4 nitrogen and oxygen atoms in total. The Morgan fingerprint density at radius 2 is 1.54 bits per heavy atom. The molecule has 2 aromatic rings. The molecule has 2 aromatic carbocycles. The van der Waals surface area contributed by atoms with Gasteiger partial charge in [-0.3, -0.25) is 0 Å². The average Bonchev–Trinajstić information content (AvgIpc) is 2.60. The minimum atomic E-state index is -0.536. The van der Waals surface area contributed by atoms with Crippen molar-refractivity contribution in [2.75, 3.05) is 6.61 Å². The van der Waals surface area contributed by atoms with Crippen LogP contribution in [0.5, 0.6) is 5.75 Å². The predicted molar refractivity (Wildman–Crippen MR) is 92.7 cm³/mol. The highest BCUT2D eigenvalue weighted by Gasteiger charge is 2.13. The van der Waals surface area contributed by atoms with Gasteiger partial charge in [-0.05, 0) is 42.8 Å². The van der Waals surface area contributed by atoms with E-state index in [0.717, 1.165) is 19.3 Å². The lowest BCUT2D eigenvalue weighted by atomic mass is 10.1. The van der Waals surface area contributed by atoms with Gasteiger partial charge >= 0.3 is 11.9 Å². The van der Waals surface area contributed by atoms with Gasteiger partial charge in [-0.2, -0.15) is 0 Å².